The maximum absolute atomic E-state index is 12.6. The van der Waals surface area contributed by atoms with Gasteiger partial charge in [0.1, 0.15) is 0 Å². The summed E-state index contributed by atoms with van der Waals surface area (Å²) in [6.45, 7) is 4.13. The van der Waals surface area contributed by atoms with Crippen LogP contribution in [0.3, 0.4) is 0 Å². The zero-order chi connectivity index (χ0) is 16.8. The molecule has 23 heavy (non-hydrogen) atoms. The van der Waals surface area contributed by atoms with E-state index in [9.17, 15) is 9.59 Å². The SMILES string of the molecule is COC(=O)[C@@H]1c2ccccc2[C@]2(C)CCC[C@@](C)(C(=O)OC)[C@@H]12. The molecule has 4 atom stereocenters. The van der Waals surface area contributed by atoms with Crippen LogP contribution >= 0.6 is 0 Å². The summed E-state index contributed by atoms with van der Waals surface area (Å²) in [6, 6.07) is 8.04. The molecule has 2 aliphatic carbocycles. The number of esters is 2. The molecule has 0 N–H and O–H groups in total. The second-order valence-corrected chi connectivity index (χ2v) is 7.25. The molecule has 0 bridgehead atoms. The molecule has 0 spiro atoms. The van der Waals surface area contributed by atoms with Gasteiger partial charge in [0, 0.05) is 5.92 Å². The summed E-state index contributed by atoms with van der Waals surface area (Å²) in [5.41, 5.74) is 1.29. The largest absolute Gasteiger partial charge is 0.469 e. The summed E-state index contributed by atoms with van der Waals surface area (Å²) in [5, 5.41) is 0. The van der Waals surface area contributed by atoms with Crippen molar-refractivity contribution in [2.45, 2.75) is 44.4 Å². The second kappa shape index (κ2) is 5.36. The van der Waals surface area contributed by atoms with Gasteiger partial charge in [0.2, 0.25) is 0 Å². The van der Waals surface area contributed by atoms with Gasteiger partial charge >= 0.3 is 11.9 Å². The van der Waals surface area contributed by atoms with Gasteiger partial charge in [0.25, 0.3) is 0 Å². The molecule has 0 radical (unpaired) electrons. The van der Waals surface area contributed by atoms with E-state index in [1.54, 1.807) is 0 Å². The van der Waals surface area contributed by atoms with E-state index in [1.165, 1.54) is 19.8 Å². The van der Waals surface area contributed by atoms with Gasteiger partial charge in [-0.1, -0.05) is 37.6 Å². The molecule has 4 heteroatoms. The summed E-state index contributed by atoms with van der Waals surface area (Å²) in [6.07, 6.45) is 2.65. The van der Waals surface area contributed by atoms with Crippen molar-refractivity contribution >= 4 is 11.9 Å². The minimum Gasteiger partial charge on any atom is -0.469 e. The molecular weight excluding hydrogens is 292 g/mol. The van der Waals surface area contributed by atoms with Crippen molar-refractivity contribution < 1.29 is 19.1 Å². The van der Waals surface area contributed by atoms with Crippen molar-refractivity contribution in [1.82, 2.24) is 0 Å². The Morgan fingerprint density at radius 3 is 2.43 bits per heavy atom. The Bertz CT molecular complexity index is 653. The van der Waals surface area contributed by atoms with Crippen LogP contribution in [0, 0.1) is 11.3 Å². The lowest BCUT2D eigenvalue weighted by Crippen LogP contribution is -2.51. The van der Waals surface area contributed by atoms with Crippen LogP contribution in [-0.2, 0) is 24.5 Å². The number of hydrogen-bond donors (Lipinski definition) is 0. The van der Waals surface area contributed by atoms with Crippen molar-refractivity contribution in [3.63, 3.8) is 0 Å². The van der Waals surface area contributed by atoms with Crippen LogP contribution in [-0.4, -0.2) is 26.2 Å². The minimum absolute atomic E-state index is 0.138. The highest BCUT2D eigenvalue weighted by molar-refractivity contribution is 5.85. The molecule has 1 aromatic rings. The van der Waals surface area contributed by atoms with Gasteiger partial charge < -0.3 is 9.47 Å². The fraction of sp³-hybridized carbons (Fsp3) is 0.579. The lowest BCUT2D eigenvalue weighted by atomic mass is 9.54. The highest BCUT2D eigenvalue weighted by Gasteiger charge is 2.63. The minimum atomic E-state index is -0.681. The fourth-order valence-electron chi connectivity index (χ4n) is 5.19. The Kier molecular flexibility index (Phi) is 3.74. The van der Waals surface area contributed by atoms with E-state index in [-0.39, 0.29) is 23.3 Å². The third-order valence-corrected chi connectivity index (χ3v) is 6.12. The molecule has 0 saturated heterocycles. The summed E-state index contributed by atoms with van der Waals surface area (Å²) in [7, 11) is 2.84. The first-order valence-electron chi connectivity index (χ1n) is 8.16. The van der Waals surface area contributed by atoms with E-state index in [0.29, 0.717) is 0 Å². The fourth-order valence-corrected chi connectivity index (χ4v) is 5.19. The monoisotopic (exact) mass is 316 g/mol. The number of fused-ring (bicyclic) bond motifs is 3. The van der Waals surface area contributed by atoms with E-state index < -0.39 is 11.3 Å². The zero-order valence-electron chi connectivity index (χ0n) is 14.2. The van der Waals surface area contributed by atoms with Crippen LogP contribution in [0.25, 0.3) is 0 Å². The Hall–Kier alpha value is -1.84. The maximum Gasteiger partial charge on any atom is 0.313 e. The Labute approximate surface area is 137 Å². The molecule has 2 aliphatic rings. The Morgan fingerprint density at radius 2 is 1.78 bits per heavy atom. The topological polar surface area (TPSA) is 52.6 Å². The smallest absolute Gasteiger partial charge is 0.313 e. The number of methoxy groups -OCH3 is 2. The van der Waals surface area contributed by atoms with E-state index in [2.05, 4.69) is 13.0 Å². The molecule has 0 heterocycles. The molecule has 1 saturated carbocycles. The lowest BCUT2D eigenvalue weighted by Gasteiger charge is -2.48. The Balaban J connectivity index is 2.22. The third-order valence-electron chi connectivity index (χ3n) is 6.12. The van der Waals surface area contributed by atoms with Crippen LogP contribution in [0.1, 0.15) is 50.2 Å². The van der Waals surface area contributed by atoms with E-state index in [4.69, 9.17) is 9.47 Å². The van der Waals surface area contributed by atoms with Crippen molar-refractivity contribution in [1.29, 1.82) is 0 Å². The van der Waals surface area contributed by atoms with Crippen LogP contribution in [0.15, 0.2) is 24.3 Å². The van der Waals surface area contributed by atoms with Gasteiger partial charge in [0.15, 0.2) is 0 Å². The molecule has 1 fully saturated rings. The highest BCUT2D eigenvalue weighted by Crippen LogP contribution is 2.63. The van der Waals surface area contributed by atoms with E-state index >= 15 is 0 Å². The first kappa shape index (κ1) is 16.0. The van der Waals surface area contributed by atoms with Gasteiger partial charge in [0.05, 0.1) is 25.6 Å². The first-order chi connectivity index (χ1) is 10.9. The summed E-state index contributed by atoms with van der Waals surface area (Å²) in [5.74, 6) is -1.04. The third kappa shape index (κ3) is 2.03. The van der Waals surface area contributed by atoms with E-state index in [0.717, 1.165) is 24.8 Å². The summed E-state index contributed by atoms with van der Waals surface area (Å²) >= 11 is 0. The highest BCUT2D eigenvalue weighted by atomic mass is 16.5. The van der Waals surface area contributed by atoms with Crippen molar-refractivity contribution in [3.05, 3.63) is 35.4 Å². The quantitative estimate of drug-likeness (QED) is 0.786. The van der Waals surface area contributed by atoms with Crippen LogP contribution in [0.4, 0.5) is 0 Å². The van der Waals surface area contributed by atoms with Gasteiger partial charge in [-0.3, -0.25) is 9.59 Å². The summed E-state index contributed by atoms with van der Waals surface area (Å²) < 4.78 is 10.2. The maximum atomic E-state index is 12.6. The number of carbonyl (C=O) groups excluding carboxylic acids is 2. The molecule has 4 nitrogen and oxygen atoms in total. The predicted molar refractivity (Wildman–Crippen MR) is 86.0 cm³/mol. The standard InChI is InChI=1S/C19H24O4/c1-18-10-7-11-19(2,17(21)23-4)15(18)14(16(20)22-3)12-8-5-6-9-13(12)18/h5-6,8-9,14-15H,7,10-11H2,1-4H3/t14-,15+,18+,19-/m1/s1. The van der Waals surface area contributed by atoms with Crippen molar-refractivity contribution in [3.8, 4) is 0 Å². The molecule has 0 unspecified atom stereocenters. The molecule has 3 rings (SSSR count). The lowest BCUT2D eigenvalue weighted by molar-refractivity contribution is -0.164. The summed E-state index contributed by atoms with van der Waals surface area (Å²) in [4.78, 5) is 25.2. The average Bonchev–Trinajstić information content (AvgIpc) is 2.84. The van der Waals surface area contributed by atoms with Crippen LogP contribution in [0.2, 0.25) is 0 Å². The number of hydrogen-bond acceptors (Lipinski definition) is 4. The van der Waals surface area contributed by atoms with Gasteiger partial charge in [-0.2, -0.15) is 0 Å². The number of benzene rings is 1. The van der Waals surface area contributed by atoms with Crippen LogP contribution in [0.5, 0.6) is 0 Å². The average molecular weight is 316 g/mol. The van der Waals surface area contributed by atoms with Gasteiger partial charge in [-0.05, 0) is 36.3 Å². The number of rotatable bonds is 2. The Morgan fingerprint density at radius 1 is 1.09 bits per heavy atom. The number of ether oxygens (including phenoxy) is 2. The van der Waals surface area contributed by atoms with Crippen LogP contribution < -0.4 is 0 Å². The first-order valence-corrected chi connectivity index (χ1v) is 8.16. The van der Waals surface area contributed by atoms with Gasteiger partial charge in [-0.25, -0.2) is 0 Å². The normalized spacial score (nSPS) is 35.1. The van der Waals surface area contributed by atoms with E-state index in [1.807, 2.05) is 25.1 Å². The molecule has 1 aromatic carbocycles. The van der Waals surface area contributed by atoms with Crippen molar-refractivity contribution in [2.75, 3.05) is 14.2 Å². The second-order valence-electron chi connectivity index (χ2n) is 7.25. The van der Waals surface area contributed by atoms with Gasteiger partial charge in [-0.15, -0.1) is 0 Å². The molecule has 0 aliphatic heterocycles. The number of carbonyl (C=O) groups is 2. The predicted octanol–water partition coefficient (Wildman–Crippen LogP) is 3.19. The molecule has 0 aromatic heterocycles. The molecule has 0 amide bonds. The van der Waals surface area contributed by atoms with Crippen molar-refractivity contribution in [2.24, 2.45) is 11.3 Å². The molecular formula is C19H24O4. The molecule has 124 valence electrons. The zero-order valence-corrected chi connectivity index (χ0v) is 14.2.